The average molecular weight is 396 g/mol. The van der Waals surface area contributed by atoms with Crippen LogP contribution in [0.5, 0.6) is 5.75 Å². The van der Waals surface area contributed by atoms with Crippen LogP contribution in [0, 0.1) is 0 Å². The molecule has 3 aromatic rings. The molecule has 0 aromatic heterocycles. The molecule has 2 nitrogen and oxygen atoms in total. The molecule has 3 aromatic carbocycles. The highest BCUT2D eigenvalue weighted by molar-refractivity contribution is 5.85. The van der Waals surface area contributed by atoms with E-state index in [2.05, 4.69) is 73.3 Å². The minimum absolute atomic E-state index is 0. The molecular formula is C25H30ClNO. The lowest BCUT2D eigenvalue weighted by molar-refractivity contribution is 0.207. The van der Waals surface area contributed by atoms with Crippen LogP contribution in [-0.4, -0.2) is 22.6 Å². The number of rotatable bonds is 8. The molecule has 3 heteroatoms. The summed E-state index contributed by atoms with van der Waals surface area (Å²) in [4.78, 5) is 2.51. The molecule has 1 atom stereocenters. The Kier molecular flexibility index (Phi) is 8.56. The number of phenolic OH excluding ortho intramolecular Hbond substituents is 1. The Morgan fingerprint density at radius 3 is 1.96 bits per heavy atom. The second kappa shape index (κ2) is 10.9. The summed E-state index contributed by atoms with van der Waals surface area (Å²) in [6.45, 7) is 6.42. The fourth-order valence-electron chi connectivity index (χ4n) is 3.60. The molecule has 0 aliphatic rings. The van der Waals surface area contributed by atoms with Crippen molar-refractivity contribution in [1.82, 2.24) is 4.90 Å². The topological polar surface area (TPSA) is 23.5 Å². The van der Waals surface area contributed by atoms with Crippen LogP contribution in [0.4, 0.5) is 0 Å². The summed E-state index contributed by atoms with van der Waals surface area (Å²) in [7, 11) is 0. The van der Waals surface area contributed by atoms with Crippen LogP contribution >= 0.6 is 12.4 Å². The highest BCUT2D eigenvalue weighted by Gasteiger charge is 2.19. The van der Waals surface area contributed by atoms with Gasteiger partial charge in [-0.15, -0.1) is 12.4 Å². The smallest absolute Gasteiger partial charge is 0.119 e. The molecule has 0 aliphatic carbocycles. The van der Waals surface area contributed by atoms with Crippen molar-refractivity contribution in [2.45, 2.75) is 38.8 Å². The van der Waals surface area contributed by atoms with Crippen molar-refractivity contribution in [2.75, 3.05) is 6.54 Å². The first-order valence-corrected chi connectivity index (χ1v) is 9.76. The van der Waals surface area contributed by atoms with Gasteiger partial charge >= 0.3 is 0 Å². The molecule has 0 bridgehead atoms. The lowest BCUT2D eigenvalue weighted by Crippen LogP contribution is -2.32. The number of nitrogens with zero attached hydrogens (tertiary/aromatic N) is 1. The molecule has 0 heterocycles. The summed E-state index contributed by atoms with van der Waals surface area (Å²) in [5.41, 5.74) is 3.60. The van der Waals surface area contributed by atoms with Crippen LogP contribution in [0.3, 0.4) is 0 Å². The lowest BCUT2D eigenvalue weighted by Gasteiger charge is -2.29. The van der Waals surface area contributed by atoms with E-state index in [-0.39, 0.29) is 18.3 Å². The molecule has 0 spiro atoms. The van der Waals surface area contributed by atoms with Crippen LogP contribution in [0.2, 0.25) is 0 Å². The molecule has 0 saturated carbocycles. The predicted molar refractivity (Wildman–Crippen MR) is 120 cm³/mol. The summed E-state index contributed by atoms with van der Waals surface area (Å²) < 4.78 is 0. The van der Waals surface area contributed by atoms with Crippen LogP contribution in [0.25, 0.3) is 0 Å². The molecule has 28 heavy (non-hydrogen) atoms. The zero-order valence-electron chi connectivity index (χ0n) is 16.7. The number of halogens is 1. The zero-order chi connectivity index (χ0) is 19.1. The van der Waals surface area contributed by atoms with E-state index < -0.39 is 0 Å². The quantitative estimate of drug-likeness (QED) is 0.487. The third-order valence-electron chi connectivity index (χ3n) is 5.18. The number of benzene rings is 3. The number of para-hydroxylation sites is 1. The first-order chi connectivity index (χ1) is 13.1. The molecule has 0 aliphatic heterocycles. The van der Waals surface area contributed by atoms with Crippen molar-refractivity contribution in [3.8, 4) is 5.75 Å². The van der Waals surface area contributed by atoms with Crippen molar-refractivity contribution in [2.24, 2.45) is 0 Å². The summed E-state index contributed by atoms with van der Waals surface area (Å²) in [6.07, 6.45) is 0.965. The highest BCUT2D eigenvalue weighted by atomic mass is 35.5. The maximum Gasteiger partial charge on any atom is 0.119 e. The van der Waals surface area contributed by atoms with Crippen LogP contribution in [0.1, 0.15) is 42.9 Å². The largest absolute Gasteiger partial charge is 0.508 e. The van der Waals surface area contributed by atoms with E-state index in [1.807, 2.05) is 24.3 Å². The van der Waals surface area contributed by atoms with Gasteiger partial charge < -0.3 is 5.11 Å². The minimum atomic E-state index is 0. The van der Waals surface area contributed by atoms with Gasteiger partial charge in [-0.05, 0) is 44.0 Å². The molecule has 3 rings (SSSR count). The SMILES string of the molecule is CC(C)N(CCC(c1ccccc1)c1ccccc1O)Cc1ccccc1.Cl. The zero-order valence-corrected chi connectivity index (χ0v) is 17.5. The highest BCUT2D eigenvalue weighted by Crippen LogP contribution is 2.34. The Bertz CT molecular complexity index is 820. The van der Waals surface area contributed by atoms with Gasteiger partial charge in [0.2, 0.25) is 0 Å². The van der Waals surface area contributed by atoms with Gasteiger partial charge in [-0.3, -0.25) is 4.90 Å². The van der Waals surface area contributed by atoms with Gasteiger partial charge in [0.1, 0.15) is 5.75 Å². The second-order valence-electron chi connectivity index (χ2n) is 7.36. The van der Waals surface area contributed by atoms with Gasteiger partial charge in [0.05, 0.1) is 0 Å². The van der Waals surface area contributed by atoms with Crippen LogP contribution in [-0.2, 0) is 6.54 Å². The van der Waals surface area contributed by atoms with Gasteiger partial charge in [0, 0.05) is 24.1 Å². The average Bonchev–Trinajstić information content (AvgIpc) is 2.70. The number of hydrogen-bond acceptors (Lipinski definition) is 2. The Hall–Kier alpha value is -2.29. The first kappa shape index (κ1) is 22.0. The lowest BCUT2D eigenvalue weighted by atomic mass is 9.87. The van der Waals surface area contributed by atoms with E-state index in [1.54, 1.807) is 6.07 Å². The number of hydrogen-bond donors (Lipinski definition) is 1. The molecule has 1 unspecified atom stereocenters. The maximum atomic E-state index is 10.4. The summed E-state index contributed by atoms with van der Waals surface area (Å²) in [5.74, 6) is 0.565. The molecule has 0 saturated heterocycles. The van der Waals surface area contributed by atoms with E-state index in [9.17, 15) is 5.11 Å². The van der Waals surface area contributed by atoms with Gasteiger partial charge in [0.25, 0.3) is 0 Å². The van der Waals surface area contributed by atoms with E-state index in [4.69, 9.17) is 0 Å². The van der Waals surface area contributed by atoms with E-state index >= 15 is 0 Å². The molecule has 148 valence electrons. The van der Waals surface area contributed by atoms with Crippen LogP contribution < -0.4 is 0 Å². The first-order valence-electron chi connectivity index (χ1n) is 9.76. The van der Waals surface area contributed by atoms with Crippen molar-refractivity contribution >= 4 is 12.4 Å². The third-order valence-corrected chi connectivity index (χ3v) is 5.18. The molecule has 0 fully saturated rings. The molecular weight excluding hydrogens is 366 g/mol. The minimum Gasteiger partial charge on any atom is -0.508 e. The van der Waals surface area contributed by atoms with Crippen LogP contribution in [0.15, 0.2) is 84.9 Å². The van der Waals surface area contributed by atoms with Gasteiger partial charge in [0.15, 0.2) is 0 Å². The summed E-state index contributed by atoms with van der Waals surface area (Å²) in [6, 6.07) is 29.3. The summed E-state index contributed by atoms with van der Waals surface area (Å²) in [5, 5.41) is 10.4. The van der Waals surface area contributed by atoms with Crippen molar-refractivity contribution in [3.63, 3.8) is 0 Å². The van der Waals surface area contributed by atoms with E-state index in [1.165, 1.54) is 11.1 Å². The summed E-state index contributed by atoms with van der Waals surface area (Å²) >= 11 is 0. The molecule has 0 amide bonds. The standard InChI is InChI=1S/C25H29NO.ClH/c1-20(2)26(19-21-11-5-3-6-12-21)18-17-23(22-13-7-4-8-14-22)24-15-9-10-16-25(24)27;/h3-16,20,23,27H,17-19H2,1-2H3;1H. The van der Waals surface area contributed by atoms with Crippen molar-refractivity contribution in [1.29, 1.82) is 0 Å². The number of phenols is 1. The van der Waals surface area contributed by atoms with Gasteiger partial charge in [-0.25, -0.2) is 0 Å². The van der Waals surface area contributed by atoms with Crippen molar-refractivity contribution in [3.05, 3.63) is 102 Å². The number of aromatic hydroxyl groups is 1. The maximum absolute atomic E-state index is 10.4. The third kappa shape index (κ3) is 5.85. The monoisotopic (exact) mass is 395 g/mol. The Balaban J connectivity index is 0.00000280. The van der Waals surface area contributed by atoms with Gasteiger partial charge in [-0.2, -0.15) is 0 Å². The molecule has 1 N–H and O–H groups in total. The van der Waals surface area contributed by atoms with Gasteiger partial charge in [-0.1, -0.05) is 78.9 Å². The normalized spacial score (nSPS) is 12.0. The Morgan fingerprint density at radius 1 is 0.786 bits per heavy atom. The van der Waals surface area contributed by atoms with E-state index in [0.29, 0.717) is 11.8 Å². The van der Waals surface area contributed by atoms with Crippen molar-refractivity contribution < 1.29 is 5.11 Å². The fourth-order valence-corrected chi connectivity index (χ4v) is 3.60. The fraction of sp³-hybridized carbons (Fsp3) is 0.280. The molecule has 0 radical (unpaired) electrons. The Morgan fingerprint density at radius 2 is 1.36 bits per heavy atom. The Labute approximate surface area is 175 Å². The predicted octanol–water partition coefficient (Wildman–Crippen LogP) is 6.25. The van der Waals surface area contributed by atoms with E-state index in [0.717, 1.165) is 25.1 Å². The second-order valence-corrected chi connectivity index (χ2v) is 7.36.